The Morgan fingerprint density at radius 3 is 2.62 bits per heavy atom. The molecule has 0 bridgehead atoms. The number of nitrogens with one attached hydrogen (secondary N) is 1. The fourth-order valence-electron chi connectivity index (χ4n) is 0.952. The average Bonchev–Trinajstić information content (AvgIpc) is 2.75. The molecule has 0 radical (unpaired) electrons. The quantitative estimate of drug-likeness (QED) is 0.945. The molecule has 0 unspecified atom stereocenters. The van der Waals surface area contributed by atoms with Gasteiger partial charge in [0, 0.05) is 11.6 Å². The number of thiazole rings is 1. The first-order chi connectivity index (χ1) is 7.49. The zero-order valence-corrected chi connectivity index (χ0v) is 11.4. The molecule has 1 N–H and O–H groups in total. The summed E-state index contributed by atoms with van der Waals surface area (Å²) in [5.41, 5.74) is 0. The topological polar surface area (TPSA) is 59.1 Å². The highest BCUT2D eigenvalue weighted by Gasteiger charge is 2.21. The summed E-state index contributed by atoms with van der Waals surface area (Å²) in [6, 6.07) is 1.31. The number of hydrogen-bond acceptors (Lipinski definition) is 5. The molecule has 16 heavy (non-hydrogen) atoms. The first-order valence-corrected chi connectivity index (χ1v) is 7.80. The van der Waals surface area contributed by atoms with Crippen LogP contribution in [-0.4, -0.2) is 13.4 Å². The molecule has 0 aliphatic heterocycles. The van der Waals surface area contributed by atoms with Gasteiger partial charge < -0.3 is 0 Å². The molecular weight excluding hydrogens is 311 g/mol. The Morgan fingerprint density at radius 2 is 2.12 bits per heavy atom. The van der Waals surface area contributed by atoms with Crippen LogP contribution in [0.2, 0.25) is 8.67 Å². The standard InChI is InChI=1S/C7H4Cl2N2O2S3/c8-5-3-4(6(9)15-5)16(12,13)11-7-10-1-2-14-7/h1-3H,(H,10,11). The predicted octanol–water partition coefficient (Wildman–Crippen LogP) is 3.31. The number of hydrogen-bond donors (Lipinski definition) is 1. The zero-order chi connectivity index (χ0) is 11.8. The van der Waals surface area contributed by atoms with Crippen LogP contribution >= 0.6 is 45.9 Å². The first kappa shape index (κ1) is 12.1. The monoisotopic (exact) mass is 314 g/mol. The third-order valence-electron chi connectivity index (χ3n) is 1.57. The summed E-state index contributed by atoms with van der Waals surface area (Å²) >= 11 is 13.6. The van der Waals surface area contributed by atoms with Gasteiger partial charge in [0.15, 0.2) is 5.13 Å². The average molecular weight is 315 g/mol. The lowest BCUT2D eigenvalue weighted by molar-refractivity contribution is 0.601. The fourth-order valence-corrected chi connectivity index (χ4v) is 4.89. The lowest BCUT2D eigenvalue weighted by atomic mass is 10.7. The number of thiophene rings is 1. The molecule has 0 spiro atoms. The normalized spacial score (nSPS) is 11.6. The second-order valence-corrected chi connectivity index (χ2v) is 7.46. The molecule has 2 aromatic rings. The van der Waals surface area contributed by atoms with E-state index in [-0.39, 0.29) is 9.23 Å². The third kappa shape index (κ3) is 2.49. The van der Waals surface area contributed by atoms with E-state index < -0.39 is 10.0 Å². The SMILES string of the molecule is O=S(=O)(Nc1nccs1)c1cc(Cl)sc1Cl. The van der Waals surface area contributed by atoms with Crippen LogP contribution in [0.25, 0.3) is 0 Å². The van der Waals surface area contributed by atoms with Crippen LogP contribution in [0.4, 0.5) is 5.13 Å². The van der Waals surface area contributed by atoms with Crippen molar-refractivity contribution in [2.45, 2.75) is 4.90 Å². The summed E-state index contributed by atoms with van der Waals surface area (Å²) in [6.45, 7) is 0. The van der Waals surface area contributed by atoms with Crippen LogP contribution in [-0.2, 0) is 10.0 Å². The Labute approximate surface area is 110 Å². The molecule has 0 atom stereocenters. The number of aromatic nitrogens is 1. The molecule has 0 aliphatic rings. The van der Waals surface area contributed by atoms with E-state index in [1.807, 2.05) is 0 Å². The second-order valence-electron chi connectivity index (χ2n) is 2.63. The molecule has 0 saturated carbocycles. The van der Waals surface area contributed by atoms with Crippen molar-refractivity contribution in [1.82, 2.24) is 4.98 Å². The highest BCUT2D eigenvalue weighted by atomic mass is 35.5. The number of halogens is 2. The van der Waals surface area contributed by atoms with Crippen LogP contribution in [0.1, 0.15) is 0 Å². The molecule has 2 rings (SSSR count). The molecule has 2 heterocycles. The van der Waals surface area contributed by atoms with E-state index in [9.17, 15) is 8.42 Å². The maximum Gasteiger partial charge on any atom is 0.266 e. The van der Waals surface area contributed by atoms with Gasteiger partial charge in [-0.15, -0.1) is 22.7 Å². The predicted molar refractivity (Wildman–Crippen MR) is 67.3 cm³/mol. The lowest BCUT2D eigenvalue weighted by Gasteiger charge is -2.02. The van der Waals surface area contributed by atoms with E-state index in [1.54, 1.807) is 5.38 Å². The van der Waals surface area contributed by atoms with Gasteiger partial charge in [0.2, 0.25) is 0 Å². The summed E-state index contributed by atoms with van der Waals surface area (Å²) in [7, 11) is -3.70. The van der Waals surface area contributed by atoms with Crippen LogP contribution in [0, 0.1) is 0 Å². The van der Waals surface area contributed by atoms with Crippen molar-refractivity contribution in [3.63, 3.8) is 0 Å². The number of sulfonamides is 1. The molecule has 86 valence electrons. The molecule has 4 nitrogen and oxygen atoms in total. The summed E-state index contributed by atoms with van der Waals surface area (Å²) in [6.07, 6.45) is 1.50. The Balaban J connectivity index is 2.36. The van der Waals surface area contributed by atoms with Crippen molar-refractivity contribution in [3.05, 3.63) is 26.3 Å². The van der Waals surface area contributed by atoms with Gasteiger partial charge in [-0.3, -0.25) is 4.72 Å². The van der Waals surface area contributed by atoms with E-state index in [1.165, 1.54) is 23.6 Å². The number of nitrogens with zero attached hydrogens (tertiary/aromatic N) is 1. The number of anilines is 1. The smallest absolute Gasteiger partial charge is 0.255 e. The maximum absolute atomic E-state index is 11.9. The molecule has 0 fully saturated rings. The van der Waals surface area contributed by atoms with E-state index in [2.05, 4.69) is 9.71 Å². The molecule has 0 aliphatic carbocycles. The van der Waals surface area contributed by atoms with Crippen LogP contribution in [0.3, 0.4) is 0 Å². The Hall–Kier alpha value is -0.340. The lowest BCUT2D eigenvalue weighted by Crippen LogP contribution is -2.12. The molecular formula is C7H4Cl2N2O2S3. The largest absolute Gasteiger partial charge is 0.266 e. The second kappa shape index (κ2) is 4.50. The van der Waals surface area contributed by atoms with Gasteiger partial charge in [0.1, 0.15) is 9.23 Å². The maximum atomic E-state index is 11.9. The fraction of sp³-hybridized carbons (Fsp3) is 0. The summed E-state index contributed by atoms with van der Waals surface area (Å²) in [5, 5.41) is 1.96. The summed E-state index contributed by atoms with van der Waals surface area (Å²) in [4.78, 5) is 3.79. The Morgan fingerprint density at radius 1 is 1.38 bits per heavy atom. The van der Waals surface area contributed by atoms with E-state index >= 15 is 0 Å². The summed E-state index contributed by atoms with van der Waals surface area (Å²) < 4.78 is 26.5. The highest BCUT2D eigenvalue weighted by Crippen LogP contribution is 2.35. The number of rotatable bonds is 3. The van der Waals surface area contributed by atoms with Crippen molar-refractivity contribution in [2.24, 2.45) is 0 Å². The van der Waals surface area contributed by atoms with E-state index in [0.29, 0.717) is 9.47 Å². The molecule has 0 amide bonds. The van der Waals surface area contributed by atoms with Crippen LogP contribution in [0.15, 0.2) is 22.5 Å². The van der Waals surface area contributed by atoms with Crippen molar-refractivity contribution in [1.29, 1.82) is 0 Å². The van der Waals surface area contributed by atoms with Gasteiger partial charge in [-0.1, -0.05) is 23.2 Å². The van der Waals surface area contributed by atoms with Crippen LogP contribution in [0.5, 0.6) is 0 Å². The van der Waals surface area contributed by atoms with Gasteiger partial charge in [-0.25, -0.2) is 13.4 Å². The van der Waals surface area contributed by atoms with Gasteiger partial charge in [-0.2, -0.15) is 0 Å². The van der Waals surface area contributed by atoms with Crippen molar-refractivity contribution in [2.75, 3.05) is 4.72 Å². The van der Waals surface area contributed by atoms with Crippen molar-refractivity contribution >= 4 is 61.0 Å². The van der Waals surface area contributed by atoms with E-state index in [4.69, 9.17) is 23.2 Å². The van der Waals surface area contributed by atoms with Crippen molar-refractivity contribution < 1.29 is 8.42 Å². The van der Waals surface area contributed by atoms with Gasteiger partial charge in [-0.05, 0) is 6.07 Å². The van der Waals surface area contributed by atoms with Gasteiger partial charge in [0.05, 0.1) is 4.34 Å². The molecule has 9 heteroatoms. The van der Waals surface area contributed by atoms with Gasteiger partial charge >= 0.3 is 0 Å². The minimum absolute atomic E-state index is 0.0284. The zero-order valence-electron chi connectivity index (χ0n) is 7.48. The minimum atomic E-state index is -3.70. The van der Waals surface area contributed by atoms with Crippen molar-refractivity contribution in [3.8, 4) is 0 Å². The molecule has 0 aromatic carbocycles. The first-order valence-electron chi connectivity index (χ1n) is 3.86. The minimum Gasteiger partial charge on any atom is -0.255 e. The van der Waals surface area contributed by atoms with Crippen LogP contribution < -0.4 is 4.72 Å². The Bertz CT molecular complexity index is 591. The van der Waals surface area contributed by atoms with E-state index in [0.717, 1.165) is 11.3 Å². The molecule has 2 aromatic heterocycles. The summed E-state index contributed by atoms with van der Waals surface area (Å²) in [5.74, 6) is 0. The molecule has 0 saturated heterocycles. The highest BCUT2D eigenvalue weighted by molar-refractivity contribution is 7.93. The third-order valence-corrected chi connectivity index (χ3v) is 5.48. The van der Waals surface area contributed by atoms with Gasteiger partial charge in [0.25, 0.3) is 10.0 Å². The Kier molecular flexibility index (Phi) is 3.41.